The van der Waals surface area contributed by atoms with Gasteiger partial charge in [-0.15, -0.1) is 0 Å². The first-order valence-corrected chi connectivity index (χ1v) is 9.00. The average Bonchev–Trinajstić information content (AvgIpc) is 2.53. The second-order valence-electron chi connectivity index (χ2n) is 7.42. The fraction of sp³-hybridized carbons (Fsp3) is 0.667. The van der Waals surface area contributed by atoms with Crippen LogP contribution < -0.4 is 15.4 Å². The van der Waals surface area contributed by atoms with Crippen LogP contribution in [0, 0.1) is 5.41 Å². The van der Waals surface area contributed by atoms with Crippen LogP contribution in [-0.2, 0) is 4.74 Å². The number of rotatable bonds is 7. The van der Waals surface area contributed by atoms with E-state index in [1.165, 1.54) is 38.6 Å². The summed E-state index contributed by atoms with van der Waals surface area (Å²) in [4.78, 5) is 16.1. The van der Waals surface area contributed by atoms with Crippen molar-refractivity contribution in [3.05, 3.63) is 23.9 Å². The van der Waals surface area contributed by atoms with Crippen LogP contribution >= 0.6 is 0 Å². The molecule has 2 aliphatic carbocycles. The van der Waals surface area contributed by atoms with Gasteiger partial charge >= 0.3 is 12.2 Å². The minimum atomic E-state index is -4.44. The van der Waals surface area contributed by atoms with E-state index in [1.807, 2.05) is 0 Å². The quantitative estimate of drug-likeness (QED) is 0.753. The molecule has 2 aliphatic rings. The summed E-state index contributed by atoms with van der Waals surface area (Å²) in [6, 6.07) is 2.32. The maximum Gasteiger partial charge on any atom is 0.422 e. The largest absolute Gasteiger partial charge is 0.468 e. The third-order valence-corrected chi connectivity index (χ3v) is 5.29. The third-order valence-electron chi connectivity index (χ3n) is 5.29. The van der Waals surface area contributed by atoms with Crippen molar-refractivity contribution in [1.82, 2.24) is 15.6 Å². The summed E-state index contributed by atoms with van der Waals surface area (Å²) in [6.45, 7) is -1.25. The first-order valence-electron chi connectivity index (χ1n) is 9.00. The Morgan fingerprint density at radius 1 is 1.41 bits per heavy atom. The molecular weight excluding hydrogens is 363 g/mol. The first-order chi connectivity index (χ1) is 12.8. The van der Waals surface area contributed by atoms with Gasteiger partial charge in [0.05, 0.1) is 12.6 Å². The summed E-state index contributed by atoms with van der Waals surface area (Å²) in [5.41, 5.74) is 1.02. The summed E-state index contributed by atoms with van der Waals surface area (Å²) in [5, 5.41) is 5.77. The van der Waals surface area contributed by atoms with E-state index in [1.54, 1.807) is 6.07 Å². The van der Waals surface area contributed by atoms with Gasteiger partial charge in [0.25, 0.3) is 0 Å². The topological polar surface area (TPSA) is 72.5 Å². The molecule has 2 N–H and O–H groups in total. The molecule has 2 amide bonds. The van der Waals surface area contributed by atoms with Crippen molar-refractivity contribution in [3.8, 4) is 5.88 Å². The summed E-state index contributed by atoms with van der Waals surface area (Å²) in [5.74, 6) is -0.154. The van der Waals surface area contributed by atoms with Crippen LogP contribution in [0.25, 0.3) is 0 Å². The van der Waals surface area contributed by atoms with Crippen LogP contribution in [0.3, 0.4) is 0 Å². The number of hydrogen-bond donors (Lipinski definition) is 2. The molecule has 1 spiro atoms. The predicted molar refractivity (Wildman–Crippen MR) is 91.4 cm³/mol. The van der Waals surface area contributed by atoms with Gasteiger partial charge in [-0.2, -0.15) is 13.2 Å². The van der Waals surface area contributed by atoms with Crippen LogP contribution in [0.2, 0.25) is 0 Å². The van der Waals surface area contributed by atoms with Crippen molar-refractivity contribution in [3.63, 3.8) is 0 Å². The monoisotopic (exact) mass is 387 g/mol. The smallest absolute Gasteiger partial charge is 0.422 e. The maximum atomic E-state index is 12.3. The van der Waals surface area contributed by atoms with Gasteiger partial charge in [-0.25, -0.2) is 9.78 Å². The van der Waals surface area contributed by atoms with E-state index in [2.05, 4.69) is 20.4 Å². The molecule has 1 unspecified atom stereocenters. The molecule has 1 atom stereocenters. The summed E-state index contributed by atoms with van der Waals surface area (Å²) in [6.07, 6.45) is 2.70. The SMILES string of the molecule is COCC(NC(=O)NC1CC2(CCC2)C1)c1ccnc(OCC(F)(F)F)c1. The minimum absolute atomic E-state index is 0.154. The second-order valence-corrected chi connectivity index (χ2v) is 7.42. The van der Waals surface area contributed by atoms with Gasteiger partial charge in [-0.1, -0.05) is 6.42 Å². The summed E-state index contributed by atoms with van der Waals surface area (Å²) in [7, 11) is 1.49. The maximum absolute atomic E-state index is 12.3. The number of pyridine rings is 1. The molecule has 9 heteroatoms. The van der Waals surface area contributed by atoms with Gasteiger partial charge in [0.15, 0.2) is 6.61 Å². The molecule has 150 valence electrons. The molecule has 3 rings (SSSR count). The number of ether oxygens (including phenoxy) is 2. The molecule has 27 heavy (non-hydrogen) atoms. The standard InChI is InChI=1S/C18H24F3N3O3/c1-26-10-14(12-3-6-22-15(7-12)27-11-18(19,20)21)24-16(25)23-13-8-17(9-13)4-2-5-17/h3,6-7,13-14H,2,4-5,8-11H2,1H3,(H2,23,24,25). The van der Waals surface area contributed by atoms with Crippen molar-refractivity contribution in [2.75, 3.05) is 20.3 Å². The van der Waals surface area contributed by atoms with Gasteiger partial charge < -0.3 is 20.1 Å². The van der Waals surface area contributed by atoms with Crippen molar-refractivity contribution >= 4 is 6.03 Å². The van der Waals surface area contributed by atoms with Crippen LogP contribution in [0.1, 0.15) is 43.7 Å². The first kappa shape index (κ1) is 19.7. The highest BCUT2D eigenvalue weighted by molar-refractivity contribution is 5.75. The zero-order valence-electron chi connectivity index (χ0n) is 15.1. The second kappa shape index (κ2) is 7.92. The number of nitrogens with one attached hydrogen (secondary N) is 2. The number of halogens is 3. The fourth-order valence-electron chi connectivity index (χ4n) is 3.82. The Bertz CT molecular complexity index is 657. The lowest BCUT2D eigenvalue weighted by atomic mass is 9.54. The third kappa shape index (κ3) is 5.24. The van der Waals surface area contributed by atoms with Gasteiger partial charge in [-0.3, -0.25) is 0 Å². The lowest BCUT2D eigenvalue weighted by Crippen LogP contribution is -2.55. The van der Waals surface area contributed by atoms with E-state index in [0.717, 1.165) is 12.8 Å². The fourth-order valence-corrected chi connectivity index (χ4v) is 3.82. The van der Waals surface area contributed by atoms with Gasteiger partial charge in [0, 0.05) is 25.4 Å². The van der Waals surface area contributed by atoms with E-state index in [4.69, 9.17) is 4.74 Å². The number of hydrogen-bond acceptors (Lipinski definition) is 4. The van der Waals surface area contributed by atoms with E-state index < -0.39 is 18.8 Å². The number of amides is 2. The van der Waals surface area contributed by atoms with E-state index >= 15 is 0 Å². The molecule has 0 bridgehead atoms. The Hall–Kier alpha value is -2.03. The molecule has 1 aromatic heterocycles. The Labute approximate surface area is 155 Å². The molecule has 0 saturated heterocycles. The number of nitrogens with zero attached hydrogens (tertiary/aromatic N) is 1. The van der Waals surface area contributed by atoms with Crippen molar-refractivity contribution < 1.29 is 27.4 Å². The number of urea groups is 1. The number of alkyl halides is 3. The highest BCUT2D eigenvalue weighted by Gasteiger charge is 2.48. The average molecular weight is 387 g/mol. The molecule has 2 saturated carbocycles. The molecule has 2 fully saturated rings. The number of methoxy groups -OCH3 is 1. The van der Waals surface area contributed by atoms with Crippen molar-refractivity contribution in [1.29, 1.82) is 0 Å². The van der Waals surface area contributed by atoms with Gasteiger partial charge in [-0.05, 0) is 42.7 Å². The molecule has 1 heterocycles. The van der Waals surface area contributed by atoms with Crippen molar-refractivity contribution in [2.45, 2.75) is 50.4 Å². The minimum Gasteiger partial charge on any atom is -0.468 e. The van der Waals surface area contributed by atoms with Crippen LogP contribution in [-0.4, -0.2) is 43.6 Å². The number of aromatic nitrogens is 1. The van der Waals surface area contributed by atoms with Gasteiger partial charge in [0.2, 0.25) is 5.88 Å². The van der Waals surface area contributed by atoms with Gasteiger partial charge in [0.1, 0.15) is 0 Å². The highest BCUT2D eigenvalue weighted by atomic mass is 19.4. The number of carbonyl (C=O) groups is 1. The van der Waals surface area contributed by atoms with Crippen LogP contribution in [0.4, 0.5) is 18.0 Å². The van der Waals surface area contributed by atoms with E-state index in [-0.39, 0.29) is 24.6 Å². The summed E-state index contributed by atoms with van der Waals surface area (Å²) < 4.78 is 46.7. The zero-order valence-corrected chi connectivity index (χ0v) is 15.1. The van der Waals surface area contributed by atoms with E-state index in [9.17, 15) is 18.0 Å². The Morgan fingerprint density at radius 2 is 2.15 bits per heavy atom. The Morgan fingerprint density at radius 3 is 2.74 bits per heavy atom. The van der Waals surface area contributed by atoms with E-state index in [0.29, 0.717) is 11.0 Å². The highest BCUT2D eigenvalue weighted by Crippen LogP contribution is 2.55. The Balaban J connectivity index is 1.55. The molecular formula is C18H24F3N3O3. The summed E-state index contributed by atoms with van der Waals surface area (Å²) >= 11 is 0. The molecule has 6 nitrogen and oxygen atoms in total. The zero-order chi connectivity index (χ0) is 19.5. The predicted octanol–water partition coefficient (Wildman–Crippen LogP) is 3.34. The molecule has 0 aromatic carbocycles. The van der Waals surface area contributed by atoms with Crippen LogP contribution in [0.5, 0.6) is 5.88 Å². The lowest BCUT2D eigenvalue weighted by Gasteiger charge is -2.54. The molecule has 0 aliphatic heterocycles. The lowest BCUT2D eigenvalue weighted by molar-refractivity contribution is -0.154. The molecule has 1 aromatic rings. The van der Waals surface area contributed by atoms with Crippen LogP contribution in [0.15, 0.2) is 18.3 Å². The Kier molecular flexibility index (Phi) is 5.78. The van der Waals surface area contributed by atoms with Crippen molar-refractivity contribution in [2.24, 2.45) is 5.41 Å². The normalized spacial score (nSPS) is 19.7. The molecule has 0 radical (unpaired) electrons. The number of carbonyl (C=O) groups excluding carboxylic acids is 1.